The number of rotatable bonds is 60. The second kappa shape index (κ2) is 68.8. The van der Waals surface area contributed by atoms with Gasteiger partial charge in [-0.15, -0.1) is 0 Å². The maximum absolute atomic E-state index is 12.9. The van der Waals surface area contributed by atoms with E-state index in [0.29, 0.717) is 25.7 Å². The molecule has 0 amide bonds. The van der Waals surface area contributed by atoms with Gasteiger partial charge < -0.3 is 14.2 Å². The number of unbranched alkanes of at least 4 members (excludes halogenated alkanes) is 25. The van der Waals surface area contributed by atoms with E-state index in [1.165, 1.54) is 116 Å². The number of esters is 3. The van der Waals surface area contributed by atoms with Gasteiger partial charge >= 0.3 is 17.9 Å². The predicted molar refractivity (Wildman–Crippen MR) is 357 cm³/mol. The van der Waals surface area contributed by atoms with E-state index in [0.717, 1.165) is 135 Å². The lowest BCUT2D eigenvalue weighted by molar-refractivity contribution is -0.167. The van der Waals surface area contributed by atoms with Crippen LogP contribution in [0.25, 0.3) is 0 Å². The van der Waals surface area contributed by atoms with Gasteiger partial charge in [0.25, 0.3) is 0 Å². The van der Waals surface area contributed by atoms with Gasteiger partial charge in [0.15, 0.2) is 6.10 Å². The zero-order valence-electron chi connectivity index (χ0n) is 53.2. The second-order valence-electron chi connectivity index (χ2n) is 22.0. The van der Waals surface area contributed by atoms with E-state index in [2.05, 4.69) is 167 Å². The fraction of sp³-hybridized carbons (Fsp3) is 0.645. The van der Waals surface area contributed by atoms with E-state index in [1.54, 1.807) is 0 Å². The molecule has 0 aromatic heterocycles. The Balaban J connectivity index is 4.45. The summed E-state index contributed by atoms with van der Waals surface area (Å²) in [6, 6.07) is 0. The minimum atomic E-state index is -0.811. The lowest BCUT2D eigenvalue weighted by Gasteiger charge is -2.18. The van der Waals surface area contributed by atoms with Crippen LogP contribution in [0.4, 0.5) is 0 Å². The molecule has 0 aromatic rings. The first-order valence-corrected chi connectivity index (χ1v) is 33.8. The van der Waals surface area contributed by atoms with Gasteiger partial charge in [-0.25, -0.2) is 0 Å². The van der Waals surface area contributed by atoms with Crippen LogP contribution in [0, 0.1) is 0 Å². The van der Waals surface area contributed by atoms with E-state index >= 15 is 0 Å². The number of carbonyl (C=O) groups excluding carboxylic acids is 3. The van der Waals surface area contributed by atoms with Crippen LogP contribution in [-0.4, -0.2) is 37.2 Å². The molecule has 0 radical (unpaired) electrons. The summed E-state index contributed by atoms with van der Waals surface area (Å²) in [7, 11) is 0. The summed E-state index contributed by atoms with van der Waals surface area (Å²) in [5, 5.41) is 0. The molecule has 82 heavy (non-hydrogen) atoms. The summed E-state index contributed by atoms with van der Waals surface area (Å²) in [6.07, 6.45) is 98.6. The van der Waals surface area contributed by atoms with Gasteiger partial charge in [0.1, 0.15) is 13.2 Å². The lowest BCUT2D eigenvalue weighted by atomic mass is 10.0. The van der Waals surface area contributed by atoms with Gasteiger partial charge in [-0.2, -0.15) is 0 Å². The lowest BCUT2D eigenvalue weighted by Crippen LogP contribution is -2.30. The molecule has 0 heterocycles. The second-order valence-corrected chi connectivity index (χ2v) is 22.0. The van der Waals surface area contributed by atoms with Crippen molar-refractivity contribution < 1.29 is 28.6 Å². The summed E-state index contributed by atoms with van der Waals surface area (Å²) in [4.78, 5) is 38.4. The Morgan fingerprint density at radius 3 is 0.805 bits per heavy atom. The minimum Gasteiger partial charge on any atom is -0.462 e. The Kier molecular flexibility index (Phi) is 64.8. The standard InChI is InChI=1S/C76H124O6/c1-4-7-10-13-16-19-22-25-28-30-32-34-36-37-38-39-41-42-44-46-48-51-54-57-60-63-66-69-75(78)81-72-73(71-80-74(77)68-65-62-59-56-53-50-27-24-21-18-15-12-9-6-3)82-76(79)70-67-64-61-58-55-52-49-47-45-43-40-35-33-31-29-26-23-20-17-14-11-8-5-2/h7,10,15-16,18-19,23-28,31-34,37-38,41-42,46,48,54,57,73H,4-6,8-9,11-14,17,20-22,29-30,35-36,39-40,43-45,47,49-53,55-56,58-72H2,1-3H3/b10-7-,18-15-,19-16-,26-23-,27-24-,28-25-,33-31-,34-32-,38-37-,42-41-,48-46-,57-54-. The van der Waals surface area contributed by atoms with Gasteiger partial charge in [0, 0.05) is 19.3 Å². The third-order valence-electron chi connectivity index (χ3n) is 14.0. The van der Waals surface area contributed by atoms with Crippen molar-refractivity contribution in [2.45, 2.75) is 303 Å². The molecule has 6 heteroatoms. The minimum absolute atomic E-state index is 0.104. The molecule has 0 N–H and O–H groups in total. The maximum Gasteiger partial charge on any atom is 0.306 e. The molecule has 0 fully saturated rings. The fourth-order valence-electron chi connectivity index (χ4n) is 8.98. The van der Waals surface area contributed by atoms with Crippen molar-refractivity contribution in [3.63, 3.8) is 0 Å². The molecule has 0 rings (SSSR count). The highest BCUT2D eigenvalue weighted by atomic mass is 16.6. The largest absolute Gasteiger partial charge is 0.462 e. The summed E-state index contributed by atoms with van der Waals surface area (Å²) in [5.74, 6) is -0.962. The van der Waals surface area contributed by atoms with Gasteiger partial charge in [-0.05, 0) is 141 Å². The molecule has 0 aliphatic carbocycles. The smallest absolute Gasteiger partial charge is 0.306 e. The van der Waals surface area contributed by atoms with Crippen molar-refractivity contribution in [1.82, 2.24) is 0 Å². The molecule has 464 valence electrons. The molecule has 1 unspecified atom stereocenters. The Labute approximate surface area is 506 Å². The van der Waals surface area contributed by atoms with Crippen molar-refractivity contribution in [1.29, 1.82) is 0 Å². The predicted octanol–water partition coefficient (Wildman–Crippen LogP) is 23.5. The first kappa shape index (κ1) is 77.3. The molecule has 0 spiro atoms. The monoisotopic (exact) mass is 1130 g/mol. The Bertz CT molecular complexity index is 1780. The summed E-state index contributed by atoms with van der Waals surface area (Å²) < 4.78 is 16.9. The molecule has 0 aliphatic heterocycles. The van der Waals surface area contributed by atoms with Crippen molar-refractivity contribution in [3.05, 3.63) is 146 Å². The van der Waals surface area contributed by atoms with Crippen LogP contribution in [0.3, 0.4) is 0 Å². The van der Waals surface area contributed by atoms with Crippen molar-refractivity contribution in [2.24, 2.45) is 0 Å². The zero-order chi connectivity index (χ0) is 59.2. The Hall–Kier alpha value is -4.71. The summed E-state index contributed by atoms with van der Waals surface area (Å²) in [6.45, 7) is 6.44. The van der Waals surface area contributed by atoms with Gasteiger partial charge in [0.05, 0.1) is 0 Å². The molecule has 0 saturated carbocycles. The van der Waals surface area contributed by atoms with Crippen LogP contribution in [0.1, 0.15) is 297 Å². The van der Waals surface area contributed by atoms with Gasteiger partial charge in [-0.1, -0.05) is 282 Å². The summed E-state index contributed by atoms with van der Waals surface area (Å²) in [5.41, 5.74) is 0. The Morgan fingerprint density at radius 1 is 0.256 bits per heavy atom. The molecule has 6 nitrogen and oxygen atoms in total. The number of ether oxygens (including phenoxy) is 3. The molecular weight excluding hydrogens is 1010 g/mol. The van der Waals surface area contributed by atoms with Gasteiger partial charge in [-0.3, -0.25) is 14.4 Å². The average Bonchev–Trinajstić information content (AvgIpc) is 3.48. The maximum atomic E-state index is 12.9. The van der Waals surface area contributed by atoms with Crippen LogP contribution in [0.5, 0.6) is 0 Å². The van der Waals surface area contributed by atoms with Crippen LogP contribution in [0.2, 0.25) is 0 Å². The summed E-state index contributed by atoms with van der Waals surface area (Å²) >= 11 is 0. The van der Waals surface area contributed by atoms with Crippen molar-refractivity contribution >= 4 is 17.9 Å². The van der Waals surface area contributed by atoms with Crippen LogP contribution in [-0.2, 0) is 28.6 Å². The zero-order valence-corrected chi connectivity index (χ0v) is 53.2. The van der Waals surface area contributed by atoms with Crippen molar-refractivity contribution in [3.8, 4) is 0 Å². The number of hydrogen-bond acceptors (Lipinski definition) is 6. The molecule has 0 bridgehead atoms. The topological polar surface area (TPSA) is 78.9 Å². The molecule has 0 aliphatic rings. The molecule has 0 saturated heterocycles. The number of hydrogen-bond donors (Lipinski definition) is 0. The first-order valence-electron chi connectivity index (χ1n) is 33.8. The third kappa shape index (κ3) is 66.1. The van der Waals surface area contributed by atoms with E-state index in [1.807, 2.05) is 0 Å². The highest BCUT2D eigenvalue weighted by Gasteiger charge is 2.19. The van der Waals surface area contributed by atoms with E-state index in [9.17, 15) is 14.4 Å². The highest BCUT2D eigenvalue weighted by Crippen LogP contribution is 2.15. The molecule has 0 aromatic carbocycles. The van der Waals surface area contributed by atoms with Gasteiger partial charge in [0.2, 0.25) is 0 Å². The van der Waals surface area contributed by atoms with E-state index in [4.69, 9.17) is 14.2 Å². The number of carbonyl (C=O) groups is 3. The normalized spacial score (nSPS) is 13.1. The Morgan fingerprint density at radius 2 is 0.488 bits per heavy atom. The van der Waals surface area contributed by atoms with Crippen molar-refractivity contribution in [2.75, 3.05) is 13.2 Å². The fourth-order valence-corrected chi connectivity index (χ4v) is 8.98. The van der Waals surface area contributed by atoms with Crippen LogP contribution >= 0.6 is 0 Å². The molecule has 1 atom stereocenters. The first-order chi connectivity index (χ1) is 40.5. The SMILES string of the molecule is CC/C=C\C/C=C\C/C=C\C/C=C\C/C=C\C/C=C\C/C=C\C/C=C\CCCCC(=O)OCC(COC(=O)CCCCCCC/C=C\C/C=C\CCCC)OC(=O)CCCCCCCCCCCCC/C=C\C/C=C\CCCCCCC. The van der Waals surface area contributed by atoms with Crippen LogP contribution < -0.4 is 0 Å². The third-order valence-corrected chi connectivity index (χ3v) is 14.0. The highest BCUT2D eigenvalue weighted by molar-refractivity contribution is 5.71. The van der Waals surface area contributed by atoms with E-state index < -0.39 is 6.10 Å². The van der Waals surface area contributed by atoms with E-state index in [-0.39, 0.29) is 31.1 Å². The molecular formula is C76H124O6. The van der Waals surface area contributed by atoms with Crippen LogP contribution in [0.15, 0.2) is 146 Å². The average molecular weight is 1130 g/mol. The number of allylic oxidation sites excluding steroid dienone is 24. The quantitative estimate of drug-likeness (QED) is 0.0261.